The molecule has 0 spiro atoms. The summed E-state index contributed by atoms with van der Waals surface area (Å²) in [6.45, 7) is 3.82. The summed E-state index contributed by atoms with van der Waals surface area (Å²) in [6, 6.07) is 5.12. The normalized spacial score (nSPS) is 18.7. The van der Waals surface area contributed by atoms with Gasteiger partial charge in [0.1, 0.15) is 5.82 Å². The van der Waals surface area contributed by atoms with Crippen molar-refractivity contribution in [3.63, 3.8) is 0 Å². The number of ether oxygens (including phenoxy) is 2. The minimum absolute atomic E-state index is 0.000191. The van der Waals surface area contributed by atoms with E-state index in [1.54, 1.807) is 19.1 Å². The molecule has 1 saturated heterocycles. The molecule has 1 fully saturated rings. The number of hydrogen-bond donors (Lipinski definition) is 2. The van der Waals surface area contributed by atoms with Crippen molar-refractivity contribution in [1.29, 1.82) is 0 Å². The highest BCUT2D eigenvalue weighted by atomic mass is 19.1. The molecule has 24 heavy (non-hydrogen) atoms. The third-order valence-corrected chi connectivity index (χ3v) is 3.71. The van der Waals surface area contributed by atoms with E-state index in [9.17, 15) is 14.0 Å². The number of carbonyl (C=O) groups is 2. The average molecular weight is 338 g/mol. The third kappa shape index (κ3) is 5.90. The Kier molecular flexibility index (Phi) is 7.14. The lowest BCUT2D eigenvalue weighted by molar-refractivity contribution is -0.143. The maximum atomic E-state index is 13.1. The SMILES string of the molecule is CCOC(=O)CC(NC(=O)CC1COCCN1)c1ccc(F)cc1. The second kappa shape index (κ2) is 9.34. The first-order chi connectivity index (χ1) is 11.6. The highest BCUT2D eigenvalue weighted by Crippen LogP contribution is 2.18. The van der Waals surface area contributed by atoms with Gasteiger partial charge in [-0.1, -0.05) is 12.1 Å². The van der Waals surface area contributed by atoms with Crippen LogP contribution in [-0.4, -0.2) is 44.3 Å². The summed E-state index contributed by atoms with van der Waals surface area (Å²) in [5.74, 6) is -0.980. The number of carbonyl (C=O) groups excluding carboxylic acids is 2. The molecule has 0 saturated carbocycles. The lowest BCUT2D eigenvalue weighted by Gasteiger charge is -2.25. The fourth-order valence-electron chi connectivity index (χ4n) is 2.56. The van der Waals surface area contributed by atoms with Crippen molar-refractivity contribution < 1.29 is 23.5 Å². The fraction of sp³-hybridized carbons (Fsp3) is 0.529. The molecule has 2 atom stereocenters. The van der Waals surface area contributed by atoms with E-state index in [1.807, 2.05) is 0 Å². The van der Waals surface area contributed by atoms with Gasteiger partial charge in [-0.2, -0.15) is 0 Å². The van der Waals surface area contributed by atoms with Gasteiger partial charge in [-0.05, 0) is 24.6 Å². The van der Waals surface area contributed by atoms with Gasteiger partial charge in [0, 0.05) is 19.0 Å². The molecule has 2 rings (SSSR count). The van der Waals surface area contributed by atoms with Crippen LogP contribution in [0.25, 0.3) is 0 Å². The predicted molar refractivity (Wildman–Crippen MR) is 85.8 cm³/mol. The molecule has 0 bridgehead atoms. The molecule has 1 heterocycles. The van der Waals surface area contributed by atoms with Crippen LogP contribution in [-0.2, 0) is 19.1 Å². The standard InChI is InChI=1S/C17H23FN2O4/c1-2-24-17(22)10-15(12-3-5-13(18)6-4-12)20-16(21)9-14-11-23-8-7-19-14/h3-6,14-15,19H,2,7-11H2,1H3,(H,20,21). The zero-order valence-electron chi connectivity index (χ0n) is 13.7. The molecule has 0 aliphatic carbocycles. The Morgan fingerprint density at radius 1 is 1.42 bits per heavy atom. The van der Waals surface area contributed by atoms with Crippen LogP contribution in [0.1, 0.15) is 31.4 Å². The zero-order valence-corrected chi connectivity index (χ0v) is 13.7. The number of esters is 1. The molecule has 1 aromatic rings. The van der Waals surface area contributed by atoms with Gasteiger partial charge in [0.05, 0.1) is 32.3 Å². The molecule has 0 radical (unpaired) electrons. The zero-order chi connectivity index (χ0) is 17.4. The largest absolute Gasteiger partial charge is 0.466 e. The summed E-state index contributed by atoms with van der Waals surface area (Å²) in [5.41, 5.74) is 0.658. The molecule has 2 unspecified atom stereocenters. The maximum Gasteiger partial charge on any atom is 0.308 e. The number of amides is 1. The second-order valence-electron chi connectivity index (χ2n) is 5.61. The van der Waals surface area contributed by atoms with Crippen LogP contribution in [0, 0.1) is 5.82 Å². The van der Waals surface area contributed by atoms with Gasteiger partial charge in [-0.25, -0.2) is 4.39 Å². The van der Waals surface area contributed by atoms with E-state index in [4.69, 9.17) is 9.47 Å². The molecule has 7 heteroatoms. The van der Waals surface area contributed by atoms with Crippen molar-refractivity contribution in [3.8, 4) is 0 Å². The van der Waals surface area contributed by atoms with E-state index < -0.39 is 12.0 Å². The number of rotatable bonds is 7. The average Bonchev–Trinajstić information content (AvgIpc) is 2.56. The van der Waals surface area contributed by atoms with Crippen LogP contribution >= 0.6 is 0 Å². The Bertz CT molecular complexity index is 544. The first-order valence-electron chi connectivity index (χ1n) is 8.10. The van der Waals surface area contributed by atoms with Crippen molar-refractivity contribution in [2.75, 3.05) is 26.4 Å². The van der Waals surface area contributed by atoms with Gasteiger partial charge in [0.15, 0.2) is 0 Å². The van der Waals surface area contributed by atoms with Crippen LogP contribution in [0.5, 0.6) is 0 Å². The Balaban J connectivity index is 1.99. The fourth-order valence-corrected chi connectivity index (χ4v) is 2.56. The Hall–Kier alpha value is -1.99. The molecule has 1 amide bonds. The van der Waals surface area contributed by atoms with Crippen LogP contribution in [0.4, 0.5) is 4.39 Å². The first-order valence-corrected chi connectivity index (χ1v) is 8.10. The van der Waals surface area contributed by atoms with Gasteiger partial charge in [-0.3, -0.25) is 9.59 Å². The summed E-state index contributed by atoms with van der Waals surface area (Å²) < 4.78 is 23.4. The monoisotopic (exact) mass is 338 g/mol. The molecule has 2 N–H and O–H groups in total. The molecule has 1 aliphatic rings. The van der Waals surface area contributed by atoms with Gasteiger partial charge in [0.25, 0.3) is 0 Å². The van der Waals surface area contributed by atoms with Crippen LogP contribution in [0.3, 0.4) is 0 Å². The van der Waals surface area contributed by atoms with E-state index in [2.05, 4.69) is 10.6 Å². The van der Waals surface area contributed by atoms with Crippen molar-refractivity contribution in [3.05, 3.63) is 35.6 Å². The maximum absolute atomic E-state index is 13.1. The Morgan fingerprint density at radius 2 is 2.17 bits per heavy atom. The van der Waals surface area contributed by atoms with Crippen LogP contribution in [0.15, 0.2) is 24.3 Å². The molecule has 132 valence electrons. The first kappa shape index (κ1) is 18.4. The van der Waals surface area contributed by atoms with Crippen LogP contribution < -0.4 is 10.6 Å². The summed E-state index contributed by atoms with van der Waals surface area (Å²) in [4.78, 5) is 24.1. The lowest BCUT2D eigenvalue weighted by Crippen LogP contribution is -2.44. The summed E-state index contributed by atoms with van der Waals surface area (Å²) >= 11 is 0. The van der Waals surface area contributed by atoms with E-state index in [0.717, 1.165) is 0 Å². The van der Waals surface area contributed by atoms with Crippen molar-refractivity contribution in [2.45, 2.75) is 31.8 Å². The van der Waals surface area contributed by atoms with E-state index in [0.29, 0.717) is 25.3 Å². The minimum Gasteiger partial charge on any atom is -0.466 e. The third-order valence-electron chi connectivity index (χ3n) is 3.71. The molecule has 1 aliphatic heterocycles. The molecular weight excluding hydrogens is 315 g/mol. The van der Waals surface area contributed by atoms with E-state index >= 15 is 0 Å². The van der Waals surface area contributed by atoms with E-state index in [-0.39, 0.29) is 37.2 Å². The van der Waals surface area contributed by atoms with E-state index in [1.165, 1.54) is 12.1 Å². The highest BCUT2D eigenvalue weighted by molar-refractivity contribution is 5.78. The highest BCUT2D eigenvalue weighted by Gasteiger charge is 2.22. The van der Waals surface area contributed by atoms with Gasteiger partial charge in [0.2, 0.25) is 5.91 Å². The van der Waals surface area contributed by atoms with Crippen molar-refractivity contribution in [2.24, 2.45) is 0 Å². The molecule has 1 aromatic carbocycles. The van der Waals surface area contributed by atoms with Crippen LogP contribution in [0.2, 0.25) is 0 Å². The lowest BCUT2D eigenvalue weighted by atomic mass is 10.0. The summed E-state index contributed by atoms with van der Waals surface area (Å²) in [5, 5.41) is 6.04. The number of nitrogens with one attached hydrogen (secondary N) is 2. The molecule has 0 aromatic heterocycles. The quantitative estimate of drug-likeness (QED) is 0.733. The van der Waals surface area contributed by atoms with Crippen molar-refractivity contribution >= 4 is 11.9 Å². The summed E-state index contributed by atoms with van der Waals surface area (Å²) in [6.07, 6.45) is 0.250. The number of morpholine rings is 1. The van der Waals surface area contributed by atoms with Crippen molar-refractivity contribution in [1.82, 2.24) is 10.6 Å². The molecule has 6 nitrogen and oxygen atoms in total. The Labute approximate surface area is 140 Å². The minimum atomic E-state index is -0.554. The number of halogens is 1. The number of hydrogen-bond acceptors (Lipinski definition) is 5. The smallest absolute Gasteiger partial charge is 0.308 e. The van der Waals surface area contributed by atoms with Gasteiger partial charge < -0.3 is 20.1 Å². The predicted octanol–water partition coefficient (Wildman–Crippen LogP) is 1.31. The topological polar surface area (TPSA) is 76.7 Å². The molecular formula is C17H23FN2O4. The number of benzene rings is 1. The van der Waals surface area contributed by atoms with Gasteiger partial charge in [-0.15, -0.1) is 0 Å². The Morgan fingerprint density at radius 3 is 2.79 bits per heavy atom. The summed E-state index contributed by atoms with van der Waals surface area (Å²) in [7, 11) is 0. The second-order valence-corrected chi connectivity index (χ2v) is 5.61. The van der Waals surface area contributed by atoms with Gasteiger partial charge >= 0.3 is 5.97 Å².